The molecule has 1 aromatic heterocycles. The van der Waals surface area contributed by atoms with Gasteiger partial charge in [0.05, 0.1) is 37.4 Å². The number of hydrogen-bond acceptors (Lipinski definition) is 7. The molecule has 0 N–H and O–H groups in total. The number of fused-ring (bicyclic) bond motifs is 3. The van der Waals surface area contributed by atoms with Gasteiger partial charge in [0.25, 0.3) is 0 Å². The zero-order valence-corrected chi connectivity index (χ0v) is 17.2. The van der Waals surface area contributed by atoms with Gasteiger partial charge in [0.15, 0.2) is 0 Å². The highest BCUT2D eigenvalue weighted by molar-refractivity contribution is 5.69. The van der Waals surface area contributed by atoms with E-state index in [1.165, 1.54) is 0 Å². The monoisotopic (exact) mass is 420 g/mol. The minimum absolute atomic E-state index is 0.156. The van der Waals surface area contributed by atoms with Crippen LogP contribution in [-0.2, 0) is 22.4 Å². The summed E-state index contributed by atoms with van der Waals surface area (Å²) in [6.45, 7) is 9.43. The first-order chi connectivity index (χ1) is 15.2. The Labute approximate surface area is 180 Å². The zero-order valence-electron chi connectivity index (χ0n) is 17.2. The number of benzene rings is 1. The summed E-state index contributed by atoms with van der Waals surface area (Å²) in [7, 11) is 0. The average Bonchev–Trinajstić information content (AvgIpc) is 2.80. The van der Waals surface area contributed by atoms with Gasteiger partial charge in [-0.1, -0.05) is 24.3 Å². The summed E-state index contributed by atoms with van der Waals surface area (Å²) in [5, 5.41) is 0. The average molecular weight is 420 g/mol. The molecule has 8 nitrogen and oxygen atoms in total. The molecule has 0 bridgehead atoms. The van der Waals surface area contributed by atoms with Crippen LogP contribution >= 0.6 is 0 Å². The summed E-state index contributed by atoms with van der Waals surface area (Å²) in [6.07, 6.45) is 5.91. The van der Waals surface area contributed by atoms with Crippen LogP contribution in [0.5, 0.6) is 5.88 Å². The number of rotatable bonds is 7. The molecule has 1 atom stereocenters. The molecule has 8 heteroatoms. The van der Waals surface area contributed by atoms with Crippen LogP contribution in [0.15, 0.2) is 57.0 Å². The number of aromatic nitrogens is 2. The number of allylic oxidation sites excluding steroid dienone is 1. The molecule has 1 fully saturated rings. The van der Waals surface area contributed by atoms with Gasteiger partial charge < -0.3 is 14.2 Å². The zero-order chi connectivity index (χ0) is 21.6. The molecule has 0 spiro atoms. The standard InChI is InChI=1S/C23H24N4O4/c1-24-13-18(25-2)5-3-16-4-6-20-17(11-16)7-8-27-21(20)12-22(26-23(27)28)31-15-19-14-29-9-10-30-19/h3-6,11-13,19H,1-2,7-10,14-15H2/b5-3+,18-13-. The van der Waals surface area contributed by atoms with E-state index < -0.39 is 0 Å². The van der Waals surface area contributed by atoms with Crippen molar-refractivity contribution in [2.45, 2.75) is 19.1 Å². The van der Waals surface area contributed by atoms with Gasteiger partial charge in [0, 0.05) is 18.2 Å². The second kappa shape index (κ2) is 9.63. The summed E-state index contributed by atoms with van der Waals surface area (Å²) < 4.78 is 18.4. The normalized spacial score (nSPS) is 18.3. The first kappa shape index (κ1) is 20.9. The molecule has 2 aromatic rings. The summed E-state index contributed by atoms with van der Waals surface area (Å²) in [6, 6.07) is 7.93. The van der Waals surface area contributed by atoms with Crippen LogP contribution in [0.3, 0.4) is 0 Å². The second-order valence-electron chi connectivity index (χ2n) is 7.19. The maximum atomic E-state index is 12.6. The smallest absolute Gasteiger partial charge is 0.351 e. The van der Waals surface area contributed by atoms with Crippen molar-refractivity contribution in [1.29, 1.82) is 0 Å². The fourth-order valence-corrected chi connectivity index (χ4v) is 3.63. The van der Waals surface area contributed by atoms with Crippen molar-refractivity contribution in [3.8, 4) is 17.1 Å². The van der Waals surface area contributed by atoms with Crippen molar-refractivity contribution in [1.82, 2.24) is 9.55 Å². The largest absolute Gasteiger partial charge is 0.475 e. The maximum absolute atomic E-state index is 12.6. The van der Waals surface area contributed by atoms with Gasteiger partial charge >= 0.3 is 5.69 Å². The minimum Gasteiger partial charge on any atom is -0.475 e. The van der Waals surface area contributed by atoms with Crippen molar-refractivity contribution in [2.24, 2.45) is 9.98 Å². The Kier molecular flexibility index (Phi) is 6.49. The fourth-order valence-electron chi connectivity index (χ4n) is 3.63. The van der Waals surface area contributed by atoms with E-state index in [1.54, 1.807) is 10.8 Å². The molecule has 0 amide bonds. The van der Waals surface area contributed by atoms with Gasteiger partial charge in [-0.3, -0.25) is 14.6 Å². The highest BCUT2D eigenvalue weighted by atomic mass is 16.6. The van der Waals surface area contributed by atoms with Gasteiger partial charge in [0.1, 0.15) is 12.7 Å². The molecule has 0 aliphatic carbocycles. The van der Waals surface area contributed by atoms with Crippen LogP contribution in [0.25, 0.3) is 17.3 Å². The van der Waals surface area contributed by atoms with Gasteiger partial charge in [-0.15, -0.1) is 0 Å². The molecule has 160 valence electrons. The van der Waals surface area contributed by atoms with Crippen molar-refractivity contribution >= 4 is 19.5 Å². The van der Waals surface area contributed by atoms with Crippen molar-refractivity contribution in [3.05, 3.63) is 63.8 Å². The minimum atomic E-state index is -0.313. The number of hydrogen-bond donors (Lipinski definition) is 0. The van der Waals surface area contributed by atoms with E-state index in [1.807, 2.05) is 30.4 Å². The van der Waals surface area contributed by atoms with Crippen LogP contribution in [0, 0.1) is 0 Å². The summed E-state index contributed by atoms with van der Waals surface area (Å²) in [5.41, 5.74) is 4.29. The lowest BCUT2D eigenvalue weighted by molar-refractivity contribution is -0.102. The lowest BCUT2D eigenvalue weighted by Crippen LogP contribution is -2.34. The van der Waals surface area contributed by atoms with E-state index in [-0.39, 0.29) is 11.8 Å². The van der Waals surface area contributed by atoms with E-state index in [0.717, 1.165) is 28.8 Å². The molecular weight excluding hydrogens is 396 g/mol. The van der Waals surface area contributed by atoms with Gasteiger partial charge in [0.2, 0.25) is 5.88 Å². The predicted octanol–water partition coefficient (Wildman–Crippen LogP) is 2.52. The molecule has 2 aliphatic heterocycles. The van der Waals surface area contributed by atoms with Crippen LogP contribution < -0.4 is 10.4 Å². The van der Waals surface area contributed by atoms with E-state index in [9.17, 15) is 4.79 Å². The third kappa shape index (κ3) is 4.87. The Balaban J connectivity index is 1.57. The van der Waals surface area contributed by atoms with Crippen LogP contribution in [0.2, 0.25) is 0 Å². The Morgan fingerprint density at radius 3 is 3.00 bits per heavy atom. The van der Waals surface area contributed by atoms with Gasteiger partial charge in [-0.25, -0.2) is 4.79 Å². The third-order valence-electron chi connectivity index (χ3n) is 5.15. The van der Waals surface area contributed by atoms with E-state index in [2.05, 4.69) is 34.5 Å². The third-order valence-corrected chi connectivity index (χ3v) is 5.15. The Morgan fingerprint density at radius 1 is 1.32 bits per heavy atom. The van der Waals surface area contributed by atoms with Crippen molar-refractivity contribution < 1.29 is 14.2 Å². The molecule has 1 unspecified atom stereocenters. The number of nitrogens with zero attached hydrogens (tertiary/aromatic N) is 4. The van der Waals surface area contributed by atoms with E-state index in [0.29, 0.717) is 44.5 Å². The summed E-state index contributed by atoms with van der Waals surface area (Å²) >= 11 is 0. The maximum Gasteiger partial charge on any atom is 0.351 e. The molecule has 3 heterocycles. The molecule has 31 heavy (non-hydrogen) atoms. The molecular formula is C23H24N4O4. The lowest BCUT2D eigenvalue weighted by atomic mass is 9.95. The van der Waals surface area contributed by atoms with E-state index in [4.69, 9.17) is 14.2 Å². The van der Waals surface area contributed by atoms with Crippen molar-refractivity contribution in [2.75, 3.05) is 26.4 Å². The topological polar surface area (TPSA) is 87.3 Å². The highest BCUT2D eigenvalue weighted by Crippen LogP contribution is 2.30. The van der Waals surface area contributed by atoms with Crippen LogP contribution in [-0.4, -0.2) is 55.5 Å². The quantitative estimate of drug-likeness (QED) is 0.507. The SMILES string of the molecule is C=N/C=C(/C=C/c1ccc2c(c1)CCn1c-2cc(OCC2COCCO2)nc1=O)N=C. The van der Waals surface area contributed by atoms with Gasteiger partial charge in [-0.2, -0.15) is 4.98 Å². The molecule has 1 aromatic carbocycles. The fraction of sp³-hybridized carbons (Fsp3) is 0.304. The molecule has 0 radical (unpaired) electrons. The van der Waals surface area contributed by atoms with Crippen LogP contribution in [0.1, 0.15) is 11.1 Å². The summed E-state index contributed by atoms with van der Waals surface area (Å²) in [5.74, 6) is 0.297. The second-order valence-corrected chi connectivity index (χ2v) is 7.19. The predicted molar refractivity (Wildman–Crippen MR) is 120 cm³/mol. The number of aryl methyl sites for hydroxylation is 1. The Bertz CT molecular complexity index is 1100. The van der Waals surface area contributed by atoms with E-state index >= 15 is 0 Å². The van der Waals surface area contributed by atoms with Crippen LogP contribution in [0.4, 0.5) is 0 Å². The number of ether oxygens (including phenoxy) is 3. The lowest BCUT2D eigenvalue weighted by Gasteiger charge is -2.24. The molecule has 0 saturated carbocycles. The summed E-state index contributed by atoms with van der Waals surface area (Å²) in [4.78, 5) is 24.2. The molecule has 2 aliphatic rings. The van der Waals surface area contributed by atoms with Gasteiger partial charge in [-0.05, 0) is 37.1 Å². The molecule has 1 saturated heterocycles. The van der Waals surface area contributed by atoms with Crippen molar-refractivity contribution in [3.63, 3.8) is 0 Å². The first-order valence-corrected chi connectivity index (χ1v) is 10.1. The molecule has 4 rings (SSSR count). The number of aliphatic imine (C=N–C) groups is 2. The Hall–Kier alpha value is -3.36. The first-order valence-electron chi connectivity index (χ1n) is 10.1. The Morgan fingerprint density at radius 2 is 2.23 bits per heavy atom. The highest BCUT2D eigenvalue weighted by Gasteiger charge is 2.20.